The molecule has 1 aromatic carbocycles. The van der Waals surface area contributed by atoms with Crippen molar-refractivity contribution in [2.45, 2.75) is 6.54 Å². The molecule has 6 heteroatoms. The number of benzene rings is 1. The van der Waals surface area contributed by atoms with Gasteiger partial charge in [0, 0.05) is 5.56 Å². The van der Waals surface area contributed by atoms with Crippen LogP contribution in [0.1, 0.15) is 16.2 Å². The molecule has 2 N–H and O–H groups in total. The van der Waals surface area contributed by atoms with Crippen LogP contribution in [0.5, 0.6) is 0 Å². The minimum Gasteiger partial charge on any atom is -0.467 e. The van der Waals surface area contributed by atoms with Crippen molar-refractivity contribution in [3.63, 3.8) is 0 Å². The normalized spacial score (nSPS) is 10.4. The van der Waals surface area contributed by atoms with Gasteiger partial charge in [0.2, 0.25) is 0 Å². The Morgan fingerprint density at radius 1 is 1.18 bits per heavy atom. The fraction of sp³-hybridized carbons (Fsp3) is 0.0625. The van der Waals surface area contributed by atoms with E-state index in [4.69, 9.17) is 4.42 Å². The zero-order valence-electron chi connectivity index (χ0n) is 11.6. The van der Waals surface area contributed by atoms with Gasteiger partial charge in [-0.1, -0.05) is 30.3 Å². The van der Waals surface area contributed by atoms with Crippen molar-refractivity contribution in [3.05, 3.63) is 76.7 Å². The molecule has 0 aliphatic rings. The summed E-state index contributed by atoms with van der Waals surface area (Å²) in [5.74, 6) is 0.237. The highest BCUT2D eigenvalue weighted by molar-refractivity contribution is 5.93. The lowest BCUT2D eigenvalue weighted by Gasteiger charge is -2.05. The van der Waals surface area contributed by atoms with Crippen LogP contribution in [0.3, 0.4) is 0 Å². The molecule has 0 unspecified atom stereocenters. The van der Waals surface area contributed by atoms with E-state index >= 15 is 0 Å². The number of carbonyl (C=O) groups excluding carboxylic acids is 1. The third-order valence-electron chi connectivity index (χ3n) is 3.06. The number of rotatable bonds is 4. The number of nitrogens with one attached hydrogen (secondary N) is 2. The molecule has 3 rings (SSSR count). The number of hydrogen-bond acceptors (Lipinski definition) is 4. The van der Waals surface area contributed by atoms with Crippen molar-refractivity contribution in [3.8, 4) is 11.3 Å². The van der Waals surface area contributed by atoms with Gasteiger partial charge in [-0.25, -0.2) is 4.79 Å². The SMILES string of the molecule is O=C(NCc1ccco1)c1cc(-c2ccccc2)nc(=O)[nH]1. The van der Waals surface area contributed by atoms with E-state index in [1.54, 1.807) is 18.2 Å². The van der Waals surface area contributed by atoms with Crippen LogP contribution in [-0.4, -0.2) is 15.9 Å². The molecule has 110 valence electrons. The molecule has 0 aliphatic carbocycles. The fourth-order valence-corrected chi connectivity index (χ4v) is 2.01. The van der Waals surface area contributed by atoms with Crippen LogP contribution in [0, 0.1) is 0 Å². The number of aromatic amines is 1. The number of carbonyl (C=O) groups is 1. The average molecular weight is 295 g/mol. The first-order valence-electron chi connectivity index (χ1n) is 6.70. The largest absolute Gasteiger partial charge is 0.467 e. The second kappa shape index (κ2) is 6.09. The molecule has 0 spiro atoms. The molecule has 6 nitrogen and oxygen atoms in total. The second-order valence-corrected chi connectivity index (χ2v) is 4.61. The summed E-state index contributed by atoms with van der Waals surface area (Å²) < 4.78 is 5.14. The standard InChI is InChI=1S/C16H13N3O3/c20-15(17-10-12-7-4-8-22-12)14-9-13(18-16(21)19-14)11-5-2-1-3-6-11/h1-9H,10H2,(H,17,20)(H,18,19,21). The Hall–Kier alpha value is -3.15. The van der Waals surface area contributed by atoms with E-state index < -0.39 is 11.6 Å². The molecule has 2 heterocycles. The smallest absolute Gasteiger partial charge is 0.346 e. The molecule has 0 fully saturated rings. The summed E-state index contributed by atoms with van der Waals surface area (Å²) >= 11 is 0. The summed E-state index contributed by atoms with van der Waals surface area (Å²) in [7, 11) is 0. The summed E-state index contributed by atoms with van der Waals surface area (Å²) in [6.07, 6.45) is 1.53. The van der Waals surface area contributed by atoms with Gasteiger partial charge in [-0.3, -0.25) is 4.79 Å². The van der Waals surface area contributed by atoms with Crippen LogP contribution in [0.15, 0.2) is 64.0 Å². The highest BCUT2D eigenvalue weighted by atomic mass is 16.3. The van der Waals surface area contributed by atoms with Crippen molar-refractivity contribution in [1.82, 2.24) is 15.3 Å². The quantitative estimate of drug-likeness (QED) is 0.770. The predicted molar refractivity (Wildman–Crippen MR) is 80.2 cm³/mol. The lowest BCUT2D eigenvalue weighted by Crippen LogP contribution is -2.26. The highest BCUT2D eigenvalue weighted by Gasteiger charge is 2.10. The van der Waals surface area contributed by atoms with Crippen molar-refractivity contribution < 1.29 is 9.21 Å². The average Bonchev–Trinajstić information content (AvgIpc) is 3.06. The summed E-state index contributed by atoms with van der Waals surface area (Å²) in [6, 6.07) is 14.2. The molecular weight excluding hydrogens is 282 g/mol. The lowest BCUT2D eigenvalue weighted by molar-refractivity contribution is 0.0942. The first kappa shape index (κ1) is 13.8. The number of hydrogen-bond donors (Lipinski definition) is 2. The summed E-state index contributed by atoms with van der Waals surface area (Å²) in [5.41, 5.74) is 0.816. The maximum Gasteiger partial charge on any atom is 0.346 e. The van der Waals surface area contributed by atoms with E-state index in [0.717, 1.165) is 5.56 Å². The number of H-pyrrole nitrogens is 1. The maximum atomic E-state index is 12.1. The Balaban J connectivity index is 1.83. The van der Waals surface area contributed by atoms with E-state index in [-0.39, 0.29) is 12.2 Å². The van der Waals surface area contributed by atoms with Crippen LogP contribution in [0.4, 0.5) is 0 Å². The molecule has 0 saturated heterocycles. The van der Waals surface area contributed by atoms with Crippen LogP contribution in [-0.2, 0) is 6.54 Å². The summed E-state index contributed by atoms with van der Waals surface area (Å²) in [4.78, 5) is 30.1. The van der Waals surface area contributed by atoms with Crippen molar-refractivity contribution in [1.29, 1.82) is 0 Å². The molecule has 0 radical (unpaired) electrons. The van der Waals surface area contributed by atoms with Gasteiger partial charge >= 0.3 is 5.69 Å². The Morgan fingerprint density at radius 2 is 2.00 bits per heavy atom. The molecular formula is C16H13N3O3. The van der Waals surface area contributed by atoms with Gasteiger partial charge in [-0.2, -0.15) is 4.98 Å². The molecule has 0 atom stereocenters. The number of nitrogens with zero attached hydrogens (tertiary/aromatic N) is 1. The first-order valence-corrected chi connectivity index (χ1v) is 6.70. The second-order valence-electron chi connectivity index (χ2n) is 4.61. The minimum absolute atomic E-state index is 0.158. The Labute approximate surface area is 125 Å². The maximum absolute atomic E-state index is 12.1. The molecule has 0 bridgehead atoms. The number of aromatic nitrogens is 2. The van der Waals surface area contributed by atoms with Crippen LogP contribution >= 0.6 is 0 Å². The van der Waals surface area contributed by atoms with Crippen molar-refractivity contribution in [2.24, 2.45) is 0 Å². The van der Waals surface area contributed by atoms with Crippen LogP contribution in [0.2, 0.25) is 0 Å². The van der Waals surface area contributed by atoms with E-state index in [9.17, 15) is 9.59 Å². The number of furan rings is 1. The van der Waals surface area contributed by atoms with E-state index in [2.05, 4.69) is 15.3 Å². The third kappa shape index (κ3) is 3.12. The highest BCUT2D eigenvalue weighted by Crippen LogP contribution is 2.15. The van der Waals surface area contributed by atoms with E-state index in [1.807, 2.05) is 30.3 Å². The first-order chi connectivity index (χ1) is 10.7. The molecule has 2 aromatic heterocycles. The third-order valence-corrected chi connectivity index (χ3v) is 3.06. The lowest BCUT2D eigenvalue weighted by atomic mass is 10.1. The molecule has 0 aliphatic heterocycles. The number of amides is 1. The Bertz CT molecular complexity index is 823. The fourth-order valence-electron chi connectivity index (χ4n) is 2.01. The molecule has 0 saturated carbocycles. The molecule has 22 heavy (non-hydrogen) atoms. The summed E-state index contributed by atoms with van der Waals surface area (Å²) in [5, 5.41) is 2.68. The summed E-state index contributed by atoms with van der Waals surface area (Å²) in [6.45, 7) is 0.247. The Kier molecular flexibility index (Phi) is 3.82. The van der Waals surface area contributed by atoms with Gasteiger partial charge in [0.15, 0.2) is 0 Å². The van der Waals surface area contributed by atoms with Gasteiger partial charge in [0.05, 0.1) is 18.5 Å². The topological polar surface area (TPSA) is 88.0 Å². The van der Waals surface area contributed by atoms with Crippen LogP contribution in [0.25, 0.3) is 11.3 Å². The van der Waals surface area contributed by atoms with Gasteiger partial charge in [0.1, 0.15) is 11.5 Å². The predicted octanol–water partition coefficient (Wildman–Crippen LogP) is 1.96. The van der Waals surface area contributed by atoms with Crippen molar-refractivity contribution >= 4 is 5.91 Å². The van der Waals surface area contributed by atoms with Crippen LogP contribution < -0.4 is 11.0 Å². The Morgan fingerprint density at radius 3 is 2.73 bits per heavy atom. The zero-order chi connectivity index (χ0) is 15.4. The molecule has 1 amide bonds. The van der Waals surface area contributed by atoms with Gasteiger partial charge in [0.25, 0.3) is 5.91 Å². The van der Waals surface area contributed by atoms with E-state index in [1.165, 1.54) is 6.26 Å². The monoisotopic (exact) mass is 295 g/mol. The van der Waals surface area contributed by atoms with Gasteiger partial charge in [-0.15, -0.1) is 0 Å². The van der Waals surface area contributed by atoms with E-state index in [0.29, 0.717) is 11.5 Å². The van der Waals surface area contributed by atoms with Crippen molar-refractivity contribution in [2.75, 3.05) is 0 Å². The molecule has 3 aromatic rings. The van der Waals surface area contributed by atoms with Gasteiger partial charge in [-0.05, 0) is 18.2 Å². The van der Waals surface area contributed by atoms with Gasteiger partial charge < -0.3 is 14.7 Å². The minimum atomic E-state index is -0.565. The zero-order valence-corrected chi connectivity index (χ0v) is 11.6.